The molecule has 0 N–H and O–H groups in total. The van der Waals surface area contributed by atoms with E-state index in [9.17, 15) is 24.6 Å². The second-order valence-corrected chi connectivity index (χ2v) is 7.24. The van der Waals surface area contributed by atoms with Gasteiger partial charge in [-0.3, -0.25) is 9.28 Å². The summed E-state index contributed by atoms with van der Waals surface area (Å²) in [6.45, 7) is 8.50. The number of hydrogen-bond donors (Lipinski definition) is 0. The van der Waals surface area contributed by atoms with Crippen molar-refractivity contribution in [3.05, 3.63) is 0 Å². The third-order valence-corrected chi connectivity index (χ3v) is 4.53. The number of nitrogens with zero attached hydrogens (tertiary/aromatic N) is 1. The molecule has 1 aliphatic rings. The molecule has 6 nitrogen and oxygen atoms in total. The molecule has 1 aliphatic heterocycles. The molecule has 1 rings (SSSR count). The molecule has 1 fully saturated rings. The average molecular weight is 298 g/mol. The summed E-state index contributed by atoms with van der Waals surface area (Å²) in [4.78, 5) is 36.4. The van der Waals surface area contributed by atoms with Gasteiger partial charge in [0.15, 0.2) is 5.78 Å². The Kier molecular flexibility index (Phi) is 4.53. The third-order valence-electron chi connectivity index (χ3n) is 4.53. The molecule has 0 saturated carbocycles. The summed E-state index contributed by atoms with van der Waals surface area (Å²) in [5.74, 6) is -2.24. The van der Waals surface area contributed by atoms with Gasteiger partial charge in [0.05, 0.1) is 12.1 Å². The largest absolute Gasteiger partial charge is 0.543 e. The number of likely N-dealkylation sites (tertiary alicyclic amines) is 1. The van der Waals surface area contributed by atoms with Gasteiger partial charge < -0.3 is 19.8 Å². The normalized spacial score (nSPS) is 29.6. The number of aliphatic carboxylic acids is 1. The predicted molar refractivity (Wildman–Crippen MR) is 71.7 cm³/mol. The van der Waals surface area contributed by atoms with Gasteiger partial charge in [0.25, 0.3) is 6.09 Å². The first-order chi connectivity index (χ1) is 9.43. The van der Waals surface area contributed by atoms with Gasteiger partial charge in [-0.15, -0.1) is 0 Å². The summed E-state index contributed by atoms with van der Waals surface area (Å²) < 4.78 is -0.895. The molecular weight excluding hydrogens is 274 g/mol. The van der Waals surface area contributed by atoms with Crippen LogP contribution in [0.2, 0.25) is 0 Å². The van der Waals surface area contributed by atoms with Crippen molar-refractivity contribution in [2.75, 3.05) is 6.54 Å². The molecule has 120 valence electrons. The summed E-state index contributed by atoms with van der Waals surface area (Å²) in [6, 6.07) is 0. The summed E-state index contributed by atoms with van der Waals surface area (Å²) in [5.41, 5.74) is -3.04. The smallest absolute Gasteiger partial charge is 0.258 e. The van der Waals surface area contributed by atoms with E-state index < -0.39 is 33.4 Å². The van der Waals surface area contributed by atoms with Crippen LogP contribution < -0.4 is 10.2 Å². The summed E-state index contributed by atoms with van der Waals surface area (Å²) >= 11 is 0. The number of ketones is 1. The van der Waals surface area contributed by atoms with Crippen molar-refractivity contribution in [2.45, 2.75) is 65.0 Å². The molecular formula is C15H24NO5-. The van der Waals surface area contributed by atoms with Gasteiger partial charge >= 0.3 is 0 Å². The number of amides is 1. The van der Waals surface area contributed by atoms with Gasteiger partial charge in [-0.25, -0.2) is 0 Å². The van der Waals surface area contributed by atoms with Crippen molar-refractivity contribution in [1.82, 2.24) is 0 Å². The van der Waals surface area contributed by atoms with Crippen molar-refractivity contribution >= 4 is 17.8 Å². The minimum absolute atomic E-state index is 0.0113. The van der Waals surface area contributed by atoms with Crippen molar-refractivity contribution in [1.29, 1.82) is 0 Å². The predicted octanol–water partition coefficient (Wildman–Crippen LogP) is -0.157. The van der Waals surface area contributed by atoms with Crippen molar-refractivity contribution in [2.24, 2.45) is 5.92 Å². The van der Waals surface area contributed by atoms with Crippen LogP contribution in [0.15, 0.2) is 0 Å². The van der Waals surface area contributed by atoms with Crippen molar-refractivity contribution < 1.29 is 29.1 Å². The Balaban J connectivity index is 3.58. The SMILES string of the molecule is CC(C)CC(=O)[C@@]1(C(=O)[O-])CCC[N+]1(C(=O)[O-])C(C)(C)C. The quantitative estimate of drug-likeness (QED) is 0.531. The van der Waals surface area contributed by atoms with Crippen LogP contribution in [0, 0.1) is 5.92 Å². The molecule has 6 heteroatoms. The lowest BCUT2D eigenvalue weighted by molar-refractivity contribution is -0.938. The Morgan fingerprint density at radius 2 is 1.71 bits per heavy atom. The summed E-state index contributed by atoms with van der Waals surface area (Å²) in [6.07, 6.45) is -1.20. The molecule has 1 unspecified atom stereocenters. The molecule has 1 amide bonds. The number of hydrogen-bond acceptors (Lipinski definition) is 5. The molecule has 0 aromatic carbocycles. The van der Waals surface area contributed by atoms with Gasteiger partial charge in [-0.1, -0.05) is 13.8 Å². The zero-order valence-electron chi connectivity index (χ0n) is 13.4. The molecule has 0 aromatic rings. The molecule has 1 heterocycles. The number of quaternary nitrogens is 1. The molecule has 0 aliphatic carbocycles. The number of carboxylic acid groups (broad SMARTS) is 2. The highest BCUT2D eigenvalue weighted by Gasteiger charge is 2.66. The van der Waals surface area contributed by atoms with E-state index in [0.29, 0.717) is 6.42 Å². The highest BCUT2D eigenvalue weighted by Crippen LogP contribution is 2.45. The van der Waals surface area contributed by atoms with E-state index in [-0.39, 0.29) is 25.3 Å². The van der Waals surface area contributed by atoms with Gasteiger partial charge in [-0.2, -0.15) is 0 Å². The zero-order valence-corrected chi connectivity index (χ0v) is 13.4. The van der Waals surface area contributed by atoms with Crippen LogP contribution in [0.5, 0.6) is 0 Å². The van der Waals surface area contributed by atoms with Gasteiger partial charge in [-0.05, 0) is 26.7 Å². The van der Waals surface area contributed by atoms with Crippen LogP contribution in [0.3, 0.4) is 0 Å². The molecule has 0 aromatic heterocycles. The Bertz CT molecular complexity index is 465. The second kappa shape index (κ2) is 5.40. The first-order valence-electron chi connectivity index (χ1n) is 7.28. The van der Waals surface area contributed by atoms with Crippen molar-refractivity contribution in [3.8, 4) is 0 Å². The number of carbonyl (C=O) groups excluding carboxylic acids is 3. The highest BCUT2D eigenvalue weighted by atomic mass is 16.4. The summed E-state index contributed by atoms with van der Waals surface area (Å²) in [5, 5.41) is 23.8. The van der Waals surface area contributed by atoms with Gasteiger partial charge in [0, 0.05) is 19.3 Å². The van der Waals surface area contributed by atoms with E-state index in [4.69, 9.17) is 0 Å². The van der Waals surface area contributed by atoms with Crippen LogP contribution in [0.25, 0.3) is 0 Å². The number of carbonyl (C=O) groups is 3. The molecule has 21 heavy (non-hydrogen) atoms. The van der Waals surface area contributed by atoms with E-state index in [1.807, 2.05) is 0 Å². The monoisotopic (exact) mass is 298 g/mol. The Labute approximate surface area is 125 Å². The summed E-state index contributed by atoms with van der Waals surface area (Å²) in [7, 11) is 0. The van der Waals surface area contributed by atoms with Crippen LogP contribution in [-0.4, -0.2) is 40.0 Å². The van der Waals surface area contributed by atoms with Crippen molar-refractivity contribution in [3.63, 3.8) is 0 Å². The first-order valence-corrected chi connectivity index (χ1v) is 7.28. The number of Topliss-reactive ketones (excluding diaryl/α,β-unsaturated/α-hetero) is 1. The maximum atomic E-state index is 12.7. The van der Waals surface area contributed by atoms with E-state index in [2.05, 4.69) is 0 Å². The standard InChI is InChI=1S/C15H25NO5/c1-10(2)9-11(17)15(12(18)19)7-6-8-16(15,13(20)21)14(3,4)5/h10H,6-9H2,1-5H3,(H-,18,19,20,21)/p-1/t15-,16?/m1/s1. The molecule has 0 bridgehead atoms. The fourth-order valence-electron chi connectivity index (χ4n) is 3.65. The van der Waals surface area contributed by atoms with Gasteiger partial charge in [0.2, 0.25) is 5.54 Å². The third kappa shape index (κ3) is 2.35. The Morgan fingerprint density at radius 1 is 1.19 bits per heavy atom. The van der Waals surface area contributed by atoms with E-state index in [1.54, 1.807) is 34.6 Å². The second-order valence-electron chi connectivity index (χ2n) is 7.24. The van der Waals surface area contributed by atoms with E-state index in [0.717, 1.165) is 0 Å². The van der Waals surface area contributed by atoms with Crippen LogP contribution in [0.1, 0.15) is 53.9 Å². The lowest BCUT2D eigenvalue weighted by Crippen LogP contribution is -2.81. The topological polar surface area (TPSA) is 97.3 Å². The van der Waals surface area contributed by atoms with Gasteiger partial charge in [0.1, 0.15) is 5.97 Å². The molecule has 1 saturated heterocycles. The lowest BCUT2D eigenvalue weighted by Gasteiger charge is -2.55. The molecule has 0 spiro atoms. The van der Waals surface area contributed by atoms with Crippen LogP contribution >= 0.6 is 0 Å². The minimum Gasteiger partial charge on any atom is -0.543 e. The van der Waals surface area contributed by atoms with Crippen LogP contribution in [-0.2, 0) is 9.59 Å². The van der Waals surface area contributed by atoms with E-state index in [1.165, 1.54) is 0 Å². The molecule has 2 atom stereocenters. The lowest BCUT2D eigenvalue weighted by atomic mass is 9.81. The highest BCUT2D eigenvalue weighted by molar-refractivity contribution is 6.07. The van der Waals surface area contributed by atoms with E-state index >= 15 is 0 Å². The number of carboxylic acids is 1. The Morgan fingerprint density at radius 3 is 2.05 bits per heavy atom. The number of rotatable bonds is 4. The first kappa shape index (κ1) is 17.6. The molecule has 0 radical (unpaired) electrons. The Hall–Kier alpha value is -1.43. The van der Waals surface area contributed by atoms with Crippen LogP contribution in [0.4, 0.5) is 4.79 Å². The fourth-order valence-corrected chi connectivity index (χ4v) is 3.65. The fraction of sp³-hybridized carbons (Fsp3) is 0.800. The maximum Gasteiger partial charge on any atom is 0.258 e. The average Bonchev–Trinajstić information content (AvgIpc) is 2.68. The zero-order chi connectivity index (χ0) is 16.6. The maximum absolute atomic E-state index is 12.7. The minimum atomic E-state index is -2.05.